The molecule has 3 aromatic rings. The Morgan fingerprint density at radius 2 is 2.09 bits per heavy atom. The van der Waals surface area contributed by atoms with Gasteiger partial charge in [0.15, 0.2) is 13.0 Å². The number of nitriles is 2. The first-order chi connectivity index (χ1) is 15.7. The number of carbonyl (C=O) groups is 1. The molecule has 0 saturated heterocycles. The number of rotatable bonds is 6. The molecule has 0 aliphatic rings. The predicted molar refractivity (Wildman–Crippen MR) is 116 cm³/mol. The Morgan fingerprint density at radius 3 is 2.67 bits per heavy atom. The fourth-order valence-corrected chi connectivity index (χ4v) is 4.02. The van der Waals surface area contributed by atoms with Gasteiger partial charge >= 0.3 is 0 Å². The van der Waals surface area contributed by atoms with Crippen LogP contribution in [0.5, 0.6) is 11.7 Å². The summed E-state index contributed by atoms with van der Waals surface area (Å²) in [5.41, 5.74) is 5.82. The Bertz CT molecular complexity index is 1310. The van der Waals surface area contributed by atoms with E-state index >= 15 is 0 Å². The van der Waals surface area contributed by atoms with Crippen LogP contribution in [0.15, 0.2) is 27.7 Å². The van der Waals surface area contributed by atoms with Gasteiger partial charge in [-0.05, 0) is 25.1 Å². The molecule has 0 radical (unpaired) electrons. The number of nitrogens with zero attached hydrogens (tertiary/aromatic N) is 5. The second-order valence-corrected chi connectivity index (χ2v) is 8.34. The molecule has 1 unspecified atom stereocenters. The van der Waals surface area contributed by atoms with Gasteiger partial charge in [-0.25, -0.2) is 4.98 Å². The number of aryl methyl sites for hydroxylation is 1. The molecule has 11 nitrogen and oxygen atoms in total. The molecule has 3 N–H and O–H groups in total. The summed E-state index contributed by atoms with van der Waals surface area (Å²) < 4.78 is 10.9. The average Bonchev–Trinajstić information content (AvgIpc) is 3.11. The van der Waals surface area contributed by atoms with E-state index in [4.69, 9.17) is 22.1 Å². The van der Waals surface area contributed by atoms with Crippen molar-refractivity contribution >= 4 is 40.8 Å². The summed E-state index contributed by atoms with van der Waals surface area (Å²) in [6.07, 6.45) is 0. The fraction of sp³-hybridized carbons (Fsp3) is 0.200. The highest BCUT2D eigenvalue weighted by Crippen LogP contribution is 2.38. The number of halogens is 1. The summed E-state index contributed by atoms with van der Waals surface area (Å²) in [4.78, 5) is 17.0. The van der Waals surface area contributed by atoms with Crippen molar-refractivity contribution in [1.29, 1.82) is 10.5 Å². The van der Waals surface area contributed by atoms with E-state index in [2.05, 4.69) is 20.1 Å². The van der Waals surface area contributed by atoms with Gasteiger partial charge in [0.1, 0.15) is 34.3 Å². The molecule has 1 aromatic carbocycles. The number of hydrogen-bond donors (Lipinski definition) is 2. The molecule has 2 aromatic heterocycles. The highest BCUT2D eigenvalue weighted by molar-refractivity contribution is 8.00. The van der Waals surface area contributed by atoms with E-state index in [1.165, 1.54) is 20.2 Å². The number of methoxy groups -OCH3 is 1. The van der Waals surface area contributed by atoms with Crippen molar-refractivity contribution in [2.75, 3.05) is 18.2 Å². The lowest BCUT2D eigenvalue weighted by Gasteiger charge is -2.16. The highest BCUT2D eigenvalue weighted by atomic mass is 35.5. The molecule has 0 aliphatic carbocycles. The van der Waals surface area contributed by atoms with Crippen molar-refractivity contribution in [3.8, 4) is 35.1 Å². The number of amides is 1. The molecule has 168 valence electrons. The van der Waals surface area contributed by atoms with Gasteiger partial charge in [-0.15, -0.1) is 0 Å². The van der Waals surface area contributed by atoms with Crippen molar-refractivity contribution in [2.45, 2.75) is 17.2 Å². The number of nitrogen functional groups attached to an aromatic ring is 1. The number of hydrogen-bond acceptors (Lipinski definition) is 10. The summed E-state index contributed by atoms with van der Waals surface area (Å²) in [5, 5.41) is 37.5. The van der Waals surface area contributed by atoms with Gasteiger partial charge in [-0.1, -0.05) is 28.0 Å². The van der Waals surface area contributed by atoms with Crippen LogP contribution >= 0.6 is 23.4 Å². The Kier molecular flexibility index (Phi) is 6.92. The molecule has 0 aliphatic heterocycles. The van der Waals surface area contributed by atoms with Crippen LogP contribution < -0.4 is 25.6 Å². The lowest BCUT2D eigenvalue weighted by Crippen LogP contribution is -2.32. The van der Waals surface area contributed by atoms with Crippen LogP contribution in [-0.2, 0) is 11.8 Å². The number of anilines is 2. The first kappa shape index (κ1) is 23.7. The first-order valence-electron chi connectivity index (χ1n) is 9.19. The SMILES string of the molecule is COc1ccc(Cl)cc1NC(=O)C(C)Sc1nc(N)c(C#N)c(-c2c([O-])on[n+]2C)c1C#N. The van der Waals surface area contributed by atoms with Gasteiger partial charge in [0.2, 0.25) is 5.91 Å². The van der Waals surface area contributed by atoms with E-state index < -0.39 is 17.1 Å². The largest absolute Gasteiger partial charge is 0.539 e. The number of nitrogens with two attached hydrogens (primary N) is 1. The minimum Gasteiger partial charge on any atom is -0.539 e. The van der Waals surface area contributed by atoms with Crippen molar-refractivity contribution < 1.29 is 23.8 Å². The lowest BCUT2D eigenvalue weighted by atomic mass is 10.0. The van der Waals surface area contributed by atoms with Crippen LogP contribution in [0.2, 0.25) is 5.02 Å². The molecule has 0 spiro atoms. The standard InChI is InChI=1S/C20H16ClN7O4S/c1-9(18(29)25-13-6-10(21)4-5-14(13)31-3)33-19-12(8-23)15(11(7-22)17(24)26-19)16-20(30)32-27-28(16)2/h4-6,9H,1-3H3,(H3-,24,25,26,27,29,30). The smallest absolute Gasteiger partial charge is 0.266 e. The molecule has 2 heterocycles. The zero-order chi connectivity index (χ0) is 24.3. The minimum absolute atomic E-state index is 0.0605. The van der Waals surface area contributed by atoms with Gasteiger partial charge in [0, 0.05) is 5.02 Å². The Balaban J connectivity index is 2.01. The average molecular weight is 486 g/mol. The number of thioether (sulfide) groups is 1. The van der Waals surface area contributed by atoms with Gasteiger partial charge in [-0.2, -0.15) is 10.5 Å². The number of aromatic nitrogens is 3. The van der Waals surface area contributed by atoms with Crippen molar-refractivity contribution in [3.63, 3.8) is 0 Å². The summed E-state index contributed by atoms with van der Waals surface area (Å²) in [7, 11) is 2.87. The van der Waals surface area contributed by atoms with Crippen LogP contribution in [0.1, 0.15) is 18.1 Å². The molecule has 3 rings (SSSR count). The van der Waals surface area contributed by atoms with Crippen LogP contribution in [0.3, 0.4) is 0 Å². The molecule has 33 heavy (non-hydrogen) atoms. The van der Waals surface area contributed by atoms with Crippen LogP contribution in [-0.4, -0.2) is 28.5 Å². The van der Waals surface area contributed by atoms with Gasteiger partial charge in [-0.3, -0.25) is 4.79 Å². The maximum atomic E-state index is 12.8. The molecule has 1 atom stereocenters. The molecule has 0 bridgehead atoms. The van der Waals surface area contributed by atoms with Gasteiger partial charge < -0.3 is 25.4 Å². The number of ether oxygens (including phenoxy) is 1. The summed E-state index contributed by atoms with van der Waals surface area (Å²) in [6.45, 7) is 1.59. The highest BCUT2D eigenvalue weighted by Gasteiger charge is 2.30. The van der Waals surface area contributed by atoms with Crippen LogP contribution in [0.4, 0.5) is 11.5 Å². The molecule has 0 saturated carbocycles. The normalized spacial score (nSPS) is 11.3. The predicted octanol–water partition coefficient (Wildman–Crippen LogP) is 1.74. The Labute approximate surface area is 197 Å². The van der Waals surface area contributed by atoms with Gasteiger partial charge in [0.25, 0.3) is 5.69 Å². The van der Waals surface area contributed by atoms with Crippen molar-refractivity contribution in [2.24, 2.45) is 7.05 Å². The molecule has 1 amide bonds. The third kappa shape index (κ3) is 4.62. The molecule has 13 heteroatoms. The van der Waals surface area contributed by atoms with E-state index in [0.29, 0.717) is 16.5 Å². The summed E-state index contributed by atoms with van der Waals surface area (Å²) in [5.74, 6) is -1.09. The maximum Gasteiger partial charge on any atom is 0.266 e. The van der Waals surface area contributed by atoms with Crippen molar-refractivity contribution in [1.82, 2.24) is 10.3 Å². The molecular weight excluding hydrogens is 470 g/mol. The maximum absolute atomic E-state index is 12.8. The molecular formula is C20H16ClN7O4S. The van der Waals surface area contributed by atoms with Crippen LogP contribution in [0, 0.1) is 22.7 Å². The monoisotopic (exact) mass is 485 g/mol. The summed E-state index contributed by atoms with van der Waals surface area (Å²) >= 11 is 6.93. The van der Waals surface area contributed by atoms with Crippen LogP contribution in [0.25, 0.3) is 11.3 Å². The van der Waals surface area contributed by atoms with E-state index in [-0.39, 0.29) is 33.2 Å². The Morgan fingerprint density at radius 1 is 1.39 bits per heavy atom. The quantitative estimate of drug-likeness (QED) is 0.385. The number of pyridine rings is 1. The first-order valence-corrected chi connectivity index (χ1v) is 10.5. The van der Waals surface area contributed by atoms with E-state index in [9.17, 15) is 20.4 Å². The van der Waals surface area contributed by atoms with E-state index in [1.54, 1.807) is 19.1 Å². The molecule has 0 fully saturated rings. The van der Waals surface area contributed by atoms with E-state index in [0.717, 1.165) is 16.4 Å². The number of benzene rings is 1. The topological polar surface area (TPSA) is 178 Å². The summed E-state index contributed by atoms with van der Waals surface area (Å²) in [6, 6.07) is 8.57. The van der Waals surface area contributed by atoms with Gasteiger partial charge in [0.05, 0.1) is 34.4 Å². The van der Waals surface area contributed by atoms with Crippen molar-refractivity contribution in [3.05, 3.63) is 34.3 Å². The minimum atomic E-state index is -0.856. The Hall–Kier alpha value is -4.00. The zero-order valence-electron chi connectivity index (χ0n) is 17.5. The lowest BCUT2D eigenvalue weighted by molar-refractivity contribution is -0.730. The zero-order valence-corrected chi connectivity index (χ0v) is 19.1. The second kappa shape index (κ2) is 9.65. The third-order valence-electron chi connectivity index (χ3n) is 4.49. The number of nitrogens with one attached hydrogen (secondary N) is 1. The van der Waals surface area contributed by atoms with E-state index in [1.807, 2.05) is 12.1 Å². The second-order valence-electron chi connectivity index (χ2n) is 6.58. The fourth-order valence-electron chi connectivity index (χ4n) is 2.93. The number of carbonyl (C=O) groups excluding carboxylic acids is 1. The third-order valence-corrected chi connectivity index (χ3v) is 5.81.